The summed E-state index contributed by atoms with van der Waals surface area (Å²) in [5.74, 6) is 0.0502. The number of rotatable bonds is 2. The van der Waals surface area contributed by atoms with Crippen LogP contribution in [0, 0.1) is 0 Å². The summed E-state index contributed by atoms with van der Waals surface area (Å²) >= 11 is 1.65. The zero-order valence-electron chi connectivity index (χ0n) is 14.1. The molecule has 2 saturated heterocycles. The minimum absolute atomic E-state index is 0.0128. The third-order valence-electron chi connectivity index (χ3n) is 4.65. The molecule has 2 aliphatic rings. The molecule has 2 fully saturated rings. The van der Waals surface area contributed by atoms with Crippen LogP contribution < -0.4 is 5.32 Å². The maximum atomic E-state index is 12.8. The number of piperidine rings is 1. The summed E-state index contributed by atoms with van der Waals surface area (Å²) in [5, 5.41) is 5.95. The number of nitrogens with one attached hydrogen (secondary N) is 1. The third-order valence-corrected chi connectivity index (χ3v) is 5.60. The van der Waals surface area contributed by atoms with Gasteiger partial charge in [-0.05, 0) is 25.7 Å². The fourth-order valence-electron chi connectivity index (χ4n) is 3.24. The van der Waals surface area contributed by atoms with Gasteiger partial charge in [0.1, 0.15) is 11.0 Å². The molecule has 1 aromatic heterocycles. The number of carbonyl (C=O) groups excluding carboxylic acids is 2. The second kappa shape index (κ2) is 6.23. The van der Waals surface area contributed by atoms with Gasteiger partial charge in [-0.15, -0.1) is 11.3 Å². The lowest BCUT2D eigenvalue weighted by molar-refractivity contribution is -0.138. The van der Waals surface area contributed by atoms with E-state index in [0.717, 1.165) is 36.5 Å². The SMILES string of the molecule is CC(C)(C)c1csc(C2CCCCN2C(=O)C2CCC(=O)N2)n1. The van der Waals surface area contributed by atoms with E-state index in [1.807, 2.05) is 4.90 Å². The maximum Gasteiger partial charge on any atom is 0.245 e. The lowest BCUT2D eigenvalue weighted by Gasteiger charge is -2.36. The molecule has 23 heavy (non-hydrogen) atoms. The fourth-order valence-corrected chi connectivity index (χ4v) is 4.43. The van der Waals surface area contributed by atoms with Crippen molar-refractivity contribution in [1.29, 1.82) is 0 Å². The Hall–Kier alpha value is -1.43. The molecule has 2 atom stereocenters. The van der Waals surface area contributed by atoms with Gasteiger partial charge < -0.3 is 10.2 Å². The van der Waals surface area contributed by atoms with E-state index in [-0.39, 0.29) is 29.3 Å². The number of thiazole rings is 1. The van der Waals surface area contributed by atoms with E-state index in [9.17, 15) is 9.59 Å². The first-order chi connectivity index (χ1) is 10.9. The monoisotopic (exact) mass is 335 g/mol. The molecular formula is C17H25N3O2S. The molecule has 3 heterocycles. The van der Waals surface area contributed by atoms with Gasteiger partial charge in [0.25, 0.3) is 0 Å². The largest absolute Gasteiger partial charge is 0.344 e. The van der Waals surface area contributed by atoms with Gasteiger partial charge in [0.15, 0.2) is 0 Å². The van der Waals surface area contributed by atoms with Crippen molar-refractivity contribution in [3.05, 3.63) is 16.1 Å². The molecule has 1 aromatic rings. The van der Waals surface area contributed by atoms with Gasteiger partial charge in [-0.3, -0.25) is 9.59 Å². The van der Waals surface area contributed by atoms with Crippen LogP contribution >= 0.6 is 11.3 Å². The molecule has 2 unspecified atom stereocenters. The summed E-state index contributed by atoms with van der Waals surface area (Å²) in [4.78, 5) is 31.0. The van der Waals surface area contributed by atoms with Crippen molar-refractivity contribution in [2.45, 2.75) is 70.4 Å². The summed E-state index contributed by atoms with van der Waals surface area (Å²) in [6.45, 7) is 7.23. The number of carbonyl (C=O) groups is 2. The molecule has 6 heteroatoms. The zero-order chi connectivity index (χ0) is 16.6. The van der Waals surface area contributed by atoms with E-state index >= 15 is 0 Å². The van der Waals surface area contributed by atoms with Crippen LogP contribution in [0.3, 0.4) is 0 Å². The van der Waals surface area contributed by atoms with E-state index < -0.39 is 0 Å². The Morgan fingerprint density at radius 3 is 2.74 bits per heavy atom. The van der Waals surface area contributed by atoms with Crippen molar-refractivity contribution in [2.24, 2.45) is 0 Å². The van der Waals surface area contributed by atoms with Crippen LogP contribution in [-0.4, -0.2) is 34.3 Å². The van der Waals surface area contributed by atoms with Crippen LogP contribution in [0.4, 0.5) is 0 Å². The molecule has 0 radical (unpaired) electrons. The molecule has 0 spiro atoms. The van der Waals surface area contributed by atoms with Gasteiger partial charge in [0.05, 0.1) is 11.7 Å². The summed E-state index contributed by atoms with van der Waals surface area (Å²) in [5.41, 5.74) is 1.11. The van der Waals surface area contributed by atoms with E-state index in [2.05, 4.69) is 31.5 Å². The molecule has 5 nitrogen and oxygen atoms in total. The molecule has 3 rings (SSSR count). The van der Waals surface area contributed by atoms with Crippen molar-refractivity contribution in [1.82, 2.24) is 15.2 Å². The highest BCUT2D eigenvalue weighted by molar-refractivity contribution is 7.09. The van der Waals surface area contributed by atoms with E-state index in [1.165, 1.54) is 0 Å². The highest BCUT2D eigenvalue weighted by atomic mass is 32.1. The number of likely N-dealkylation sites (tertiary alicyclic amines) is 1. The number of aromatic nitrogens is 1. The zero-order valence-corrected chi connectivity index (χ0v) is 14.9. The third kappa shape index (κ3) is 3.42. The average molecular weight is 335 g/mol. The van der Waals surface area contributed by atoms with Crippen molar-refractivity contribution >= 4 is 23.2 Å². The van der Waals surface area contributed by atoms with Crippen molar-refractivity contribution in [2.75, 3.05) is 6.54 Å². The standard InChI is InChI=1S/C17H25N3O2S/c1-17(2,3)13-10-23-15(19-13)12-6-4-5-9-20(12)16(22)11-7-8-14(21)18-11/h10-12H,4-9H2,1-3H3,(H,18,21). The van der Waals surface area contributed by atoms with Gasteiger partial charge in [-0.2, -0.15) is 0 Å². The summed E-state index contributed by atoms with van der Waals surface area (Å²) in [6.07, 6.45) is 4.19. The first-order valence-corrected chi connectivity index (χ1v) is 9.30. The molecular weight excluding hydrogens is 310 g/mol. The lowest BCUT2D eigenvalue weighted by Crippen LogP contribution is -2.47. The Labute approximate surface area is 141 Å². The van der Waals surface area contributed by atoms with E-state index in [0.29, 0.717) is 12.8 Å². The van der Waals surface area contributed by atoms with Crippen LogP contribution in [0.25, 0.3) is 0 Å². The van der Waals surface area contributed by atoms with E-state index in [1.54, 1.807) is 11.3 Å². The molecule has 0 aromatic carbocycles. The Morgan fingerprint density at radius 2 is 2.13 bits per heavy atom. The van der Waals surface area contributed by atoms with E-state index in [4.69, 9.17) is 4.98 Å². The molecule has 0 aliphatic carbocycles. The minimum Gasteiger partial charge on any atom is -0.344 e. The van der Waals surface area contributed by atoms with Crippen molar-refractivity contribution in [3.63, 3.8) is 0 Å². The highest BCUT2D eigenvalue weighted by Gasteiger charge is 2.37. The molecule has 0 saturated carbocycles. The van der Waals surface area contributed by atoms with Crippen molar-refractivity contribution < 1.29 is 9.59 Å². The minimum atomic E-state index is -0.342. The molecule has 2 aliphatic heterocycles. The molecule has 1 N–H and O–H groups in total. The number of hydrogen-bond acceptors (Lipinski definition) is 4. The Morgan fingerprint density at radius 1 is 1.35 bits per heavy atom. The van der Waals surface area contributed by atoms with Crippen LogP contribution in [0.5, 0.6) is 0 Å². The second-order valence-corrected chi connectivity index (χ2v) is 8.41. The van der Waals surface area contributed by atoms with Crippen LogP contribution in [-0.2, 0) is 15.0 Å². The first kappa shape index (κ1) is 16.4. The average Bonchev–Trinajstić information content (AvgIpc) is 3.15. The quantitative estimate of drug-likeness (QED) is 0.904. The number of amides is 2. The van der Waals surface area contributed by atoms with Gasteiger partial charge in [0.2, 0.25) is 11.8 Å². The van der Waals surface area contributed by atoms with Crippen LogP contribution in [0.1, 0.15) is 69.6 Å². The Bertz CT molecular complexity index is 605. The summed E-state index contributed by atoms with van der Waals surface area (Å²) < 4.78 is 0. The second-order valence-electron chi connectivity index (χ2n) is 7.52. The van der Waals surface area contributed by atoms with Crippen LogP contribution in [0.2, 0.25) is 0 Å². The number of nitrogens with zero attached hydrogens (tertiary/aromatic N) is 2. The predicted molar refractivity (Wildman–Crippen MR) is 90.3 cm³/mol. The first-order valence-electron chi connectivity index (χ1n) is 8.42. The van der Waals surface area contributed by atoms with Crippen molar-refractivity contribution in [3.8, 4) is 0 Å². The summed E-state index contributed by atoms with van der Waals surface area (Å²) in [7, 11) is 0. The molecule has 2 amide bonds. The predicted octanol–water partition coefficient (Wildman–Crippen LogP) is 2.77. The molecule has 126 valence electrons. The smallest absolute Gasteiger partial charge is 0.245 e. The summed E-state index contributed by atoms with van der Waals surface area (Å²) in [6, 6.07) is -0.278. The Kier molecular flexibility index (Phi) is 4.45. The van der Waals surface area contributed by atoms with Gasteiger partial charge in [-0.25, -0.2) is 4.98 Å². The number of hydrogen-bond donors (Lipinski definition) is 1. The highest BCUT2D eigenvalue weighted by Crippen LogP contribution is 2.35. The van der Waals surface area contributed by atoms with Crippen LogP contribution in [0.15, 0.2) is 5.38 Å². The molecule has 0 bridgehead atoms. The fraction of sp³-hybridized carbons (Fsp3) is 0.706. The van der Waals surface area contributed by atoms with Gasteiger partial charge in [0, 0.05) is 23.8 Å². The Balaban J connectivity index is 1.80. The normalized spacial score (nSPS) is 25.5. The maximum absolute atomic E-state index is 12.8. The van der Waals surface area contributed by atoms with Gasteiger partial charge in [-0.1, -0.05) is 20.8 Å². The topological polar surface area (TPSA) is 62.3 Å². The lowest BCUT2D eigenvalue weighted by atomic mass is 9.93. The van der Waals surface area contributed by atoms with Gasteiger partial charge >= 0.3 is 0 Å².